The second-order valence-electron chi connectivity index (χ2n) is 4.90. The molecule has 112 valence electrons. The zero-order chi connectivity index (χ0) is 15.2. The van der Waals surface area contributed by atoms with E-state index in [1.54, 1.807) is 11.3 Å². The standard InChI is InChI=1S/C15H20N4OS/c1-10(2)20-13-6-4-12(5-7-13)19-15(16)17-8-14-18-11(3)9-21-14/h4-7,9-10H,8H2,1-3H3,(H3,16,17,19). The molecule has 0 bridgehead atoms. The van der Waals surface area contributed by atoms with E-state index >= 15 is 0 Å². The topological polar surface area (TPSA) is 72.5 Å². The Hall–Kier alpha value is -2.08. The molecule has 0 fully saturated rings. The van der Waals surface area contributed by atoms with E-state index in [2.05, 4.69) is 15.3 Å². The smallest absolute Gasteiger partial charge is 0.193 e. The van der Waals surface area contributed by atoms with E-state index in [9.17, 15) is 0 Å². The van der Waals surface area contributed by atoms with Crippen molar-refractivity contribution in [3.63, 3.8) is 0 Å². The van der Waals surface area contributed by atoms with Crippen molar-refractivity contribution in [3.05, 3.63) is 40.3 Å². The fraction of sp³-hybridized carbons (Fsp3) is 0.333. The minimum atomic E-state index is 0.164. The molecule has 0 aliphatic rings. The SMILES string of the molecule is Cc1csc(CN=C(N)Nc2ccc(OC(C)C)cc2)n1. The summed E-state index contributed by atoms with van der Waals surface area (Å²) < 4.78 is 5.59. The van der Waals surface area contributed by atoms with Crippen molar-refractivity contribution in [1.29, 1.82) is 0 Å². The lowest BCUT2D eigenvalue weighted by Gasteiger charge is -2.10. The first-order valence-corrected chi connectivity index (χ1v) is 7.65. The lowest BCUT2D eigenvalue weighted by Crippen LogP contribution is -2.22. The van der Waals surface area contributed by atoms with Crippen molar-refractivity contribution in [2.45, 2.75) is 33.4 Å². The van der Waals surface area contributed by atoms with Crippen LogP contribution < -0.4 is 15.8 Å². The molecule has 5 nitrogen and oxygen atoms in total. The highest BCUT2D eigenvalue weighted by molar-refractivity contribution is 7.09. The maximum Gasteiger partial charge on any atom is 0.193 e. The van der Waals surface area contributed by atoms with Crippen LogP contribution in [0, 0.1) is 6.92 Å². The van der Waals surface area contributed by atoms with Gasteiger partial charge in [0, 0.05) is 16.8 Å². The van der Waals surface area contributed by atoms with Gasteiger partial charge in [0.2, 0.25) is 0 Å². The zero-order valence-corrected chi connectivity index (χ0v) is 13.3. The van der Waals surface area contributed by atoms with E-state index in [0.29, 0.717) is 12.5 Å². The van der Waals surface area contributed by atoms with Crippen molar-refractivity contribution in [2.75, 3.05) is 5.32 Å². The van der Waals surface area contributed by atoms with E-state index in [4.69, 9.17) is 10.5 Å². The minimum absolute atomic E-state index is 0.164. The fourth-order valence-electron chi connectivity index (χ4n) is 1.70. The predicted octanol–water partition coefficient (Wildman–Crippen LogP) is 3.17. The number of nitrogens with two attached hydrogens (primary N) is 1. The van der Waals surface area contributed by atoms with Gasteiger partial charge in [-0.25, -0.2) is 9.98 Å². The summed E-state index contributed by atoms with van der Waals surface area (Å²) >= 11 is 1.59. The third kappa shape index (κ3) is 5.07. The van der Waals surface area contributed by atoms with Gasteiger partial charge < -0.3 is 15.8 Å². The Morgan fingerprint density at radius 1 is 1.38 bits per heavy atom. The summed E-state index contributed by atoms with van der Waals surface area (Å²) in [5, 5.41) is 6.01. The van der Waals surface area contributed by atoms with Gasteiger partial charge in [-0.1, -0.05) is 0 Å². The second kappa shape index (κ2) is 7.08. The van der Waals surface area contributed by atoms with Crippen molar-refractivity contribution in [2.24, 2.45) is 10.7 Å². The monoisotopic (exact) mass is 304 g/mol. The number of aliphatic imine (C=N–C) groups is 1. The average Bonchev–Trinajstić information content (AvgIpc) is 2.84. The van der Waals surface area contributed by atoms with E-state index in [-0.39, 0.29) is 6.10 Å². The number of thiazole rings is 1. The molecule has 0 amide bonds. The number of benzene rings is 1. The molecule has 1 aromatic heterocycles. The summed E-state index contributed by atoms with van der Waals surface area (Å²) in [6, 6.07) is 7.63. The highest BCUT2D eigenvalue weighted by atomic mass is 32.1. The molecule has 3 N–H and O–H groups in total. The van der Waals surface area contributed by atoms with Gasteiger partial charge in [-0.2, -0.15) is 0 Å². The number of nitrogens with one attached hydrogen (secondary N) is 1. The summed E-state index contributed by atoms with van der Waals surface area (Å²) in [4.78, 5) is 8.61. The largest absolute Gasteiger partial charge is 0.491 e. The zero-order valence-electron chi connectivity index (χ0n) is 12.5. The van der Waals surface area contributed by atoms with Crippen LogP contribution in [0.4, 0.5) is 5.69 Å². The lowest BCUT2D eigenvalue weighted by atomic mass is 10.3. The molecule has 0 radical (unpaired) electrons. The summed E-state index contributed by atoms with van der Waals surface area (Å²) in [6.45, 7) is 6.45. The van der Waals surface area contributed by atoms with Crippen LogP contribution in [0.15, 0.2) is 34.6 Å². The highest BCUT2D eigenvalue weighted by Gasteiger charge is 2.00. The number of rotatable bonds is 5. The Morgan fingerprint density at radius 3 is 2.67 bits per heavy atom. The first-order valence-electron chi connectivity index (χ1n) is 6.77. The molecule has 0 unspecified atom stereocenters. The van der Waals surface area contributed by atoms with Gasteiger partial charge in [0.1, 0.15) is 10.8 Å². The lowest BCUT2D eigenvalue weighted by molar-refractivity contribution is 0.242. The Balaban J connectivity index is 1.91. The van der Waals surface area contributed by atoms with Crippen LogP contribution in [-0.2, 0) is 6.54 Å². The molecule has 0 saturated heterocycles. The Labute approximate surface area is 128 Å². The van der Waals surface area contributed by atoms with Gasteiger partial charge in [0.25, 0.3) is 0 Å². The minimum Gasteiger partial charge on any atom is -0.491 e. The molecular formula is C15H20N4OS. The van der Waals surface area contributed by atoms with Crippen LogP contribution >= 0.6 is 11.3 Å². The number of hydrogen-bond donors (Lipinski definition) is 2. The van der Waals surface area contributed by atoms with Crippen molar-refractivity contribution < 1.29 is 4.74 Å². The van der Waals surface area contributed by atoms with Gasteiger partial charge in [-0.3, -0.25) is 0 Å². The maximum atomic E-state index is 5.86. The molecular weight excluding hydrogens is 284 g/mol. The van der Waals surface area contributed by atoms with Crippen molar-refractivity contribution in [3.8, 4) is 5.75 Å². The number of ether oxygens (including phenoxy) is 1. The van der Waals surface area contributed by atoms with Crippen LogP contribution in [0.1, 0.15) is 24.5 Å². The quantitative estimate of drug-likeness (QED) is 0.657. The average molecular weight is 304 g/mol. The molecule has 0 saturated carbocycles. The third-order valence-corrected chi connectivity index (χ3v) is 3.50. The molecule has 0 aliphatic heterocycles. The van der Waals surface area contributed by atoms with Gasteiger partial charge in [-0.05, 0) is 45.0 Å². The summed E-state index contributed by atoms with van der Waals surface area (Å²) in [5.74, 6) is 1.21. The van der Waals surface area contributed by atoms with Crippen molar-refractivity contribution >= 4 is 23.0 Å². The highest BCUT2D eigenvalue weighted by Crippen LogP contribution is 2.16. The van der Waals surface area contributed by atoms with Crippen LogP contribution in [0.5, 0.6) is 5.75 Å². The molecule has 1 heterocycles. The van der Waals surface area contributed by atoms with Crippen LogP contribution in [0.2, 0.25) is 0 Å². The molecule has 21 heavy (non-hydrogen) atoms. The fourth-order valence-corrected chi connectivity index (χ4v) is 2.40. The predicted molar refractivity (Wildman–Crippen MR) is 88.0 cm³/mol. The third-order valence-electron chi connectivity index (χ3n) is 2.55. The van der Waals surface area contributed by atoms with Crippen LogP contribution in [0.25, 0.3) is 0 Å². The van der Waals surface area contributed by atoms with E-state index < -0.39 is 0 Å². The Kier molecular flexibility index (Phi) is 5.16. The first kappa shape index (κ1) is 15.3. The number of aryl methyl sites for hydroxylation is 1. The molecule has 0 aliphatic carbocycles. The number of anilines is 1. The summed E-state index contributed by atoms with van der Waals surface area (Å²) in [7, 11) is 0. The number of nitrogens with zero attached hydrogens (tertiary/aromatic N) is 2. The molecule has 6 heteroatoms. The van der Waals surface area contributed by atoms with E-state index in [1.165, 1.54) is 0 Å². The molecule has 0 atom stereocenters. The molecule has 0 spiro atoms. The Morgan fingerprint density at radius 2 is 2.10 bits per heavy atom. The van der Waals surface area contributed by atoms with Crippen LogP contribution in [-0.4, -0.2) is 17.0 Å². The number of hydrogen-bond acceptors (Lipinski definition) is 4. The normalized spacial score (nSPS) is 11.7. The van der Waals surface area contributed by atoms with Gasteiger partial charge in [0.15, 0.2) is 5.96 Å². The molecule has 1 aromatic carbocycles. The number of guanidine groups is 1. The van der Waals surface area contributed by atoms with Crippen LogP contribution in [0.3, 0.4) is 0 Å². The van der Waals surface area contributed by atoms with Gasteiger partial charge in [0.05, 0.1) is 12.6 Å². The first-order chi connectivity index (χ1) is 10.0. The molecule has 2 rings (SSSR count). The van der Waals surface area contributed by atoms with E-state index in [0.717, 1.165) is 22.1 Å². The molecule has 2 aromatic rings. The number of aromatic nitrogens is 1. The maximum absolute atomic E-state index is 5.86. The van der Waals surface area contributed by atoms with Gasteiger partial charge >= 0.3 is 0 Å². The summed E-state index contributed by atoms with van der Waals surface area (Å²) in [5.41, 5.74) is 7.75. The summed E-state index contributed by atoms with van der Waals surface area (Å²) in [6.07, 6.45) is 0.164. The second-order valence-corrected chi connectivity index (χ2v) is 5.84. The van der Waals surface area contributed by atoms with Crippen molar-refractivity contribution in [1.82, 2.24) is 4.98 Å². The van der Waals surface area contributed by atoms with E-state index in [1.807, 2.05) is 50.4 Å². The van der Waals surface area contributed by atoms with Gasteiger partial charge in [-0.15, -0.1) is 11.3 Å². The Bertz CT molecular complexity index is 604.